The third-order valence-corrected chi connectivity index (χ3v) is 2.74. The van der Waals surface area contributed by atoms with E-state index in [0.29, 0.717) is 0 Å². The van der Waals surface area contributed by atoms with Gasteiger partial charge in [0.15, 0.2) is 0 Å². The normalized spacial score (nSPS) is 10.6. The molecule has 0 atom stereocenters. The van der Waals surface area contributed by atoms with Crippen LogP contribution >= 0.6 is 0 Å². The molecular weight excluding hydrogens is 198 g/mol. The summed E-state index contributed by atoms with van der Waals surface area (Å²) in [5, 5.41) is 4.39. The van der Waals surface area contributed by atoms with Gasteiger partial charge >= 0.3 is 0 Å². The number of hydrogen-bond acceptors (Lipinski definition) is 2. The lowest BCUT2D eigenvalue weighted by atomic mass is 10.1. The van der Waals surface area contributed by atoms with Gasteiger partial charge in [0.05, 0.1) is 6.20 Å². The van der Waals surface area contributed by atoms with E-state index < -0.39 is 0 Å². The van der Waals surface area contributed by atoms with E-state index in [2.05, 4.69) is 25.0 Å². The number of nitrogens with two attached hydrogens (primary N) is 1. The molecule has 0 aliphatic rings. The molecular formula is C13H17N3. The molecule has 0 unspecified atom stereocenters. The Morgan fingerprint density at radius 3 is 2.88 bits per heavy atom. The lowest BCUT2D eigenvalue weighted by molar-refractivity contribution is 0.587. The molecule has 0 aliphatic heterocycles. The van der Waals surface area contributed by atoms with Crippen LogP contribution in [0.1, 0.15) is 19.0 Å². The third kappa shape index (κ3) is 1.94. The predicted octanol–water partition coefficient (Wildman–Crippen LogP) is 2.85. The monoisotopic (exact) mass is 215 g/mol. The van der Waals surface area contributed by atoms with Crippen molar-refractivity contribution in [3.8, 4) is 11.1 Å². The number of nitrogens with zero attached hydrogens (tertiary/aromatic N) is 2. The molecule has 84 valence electrons. The zero-order valence-corrected chi connectivity index (χ0v) is 9.77. The van der Waals surface area contributed by atoms with Crippen molar-refractivity contribution >= 4 is 5.69 Å². The summed E-state index contributed by atoms with van der Waals surface area (Å²) >= 11 is 0. The van der Waals surface area contributed by atoms with Crippen LogP contribution in [0, 0.1) is 6.92 Å². The lowest BCUT2D eigenvalue weighted by Gasteiger charge is -2.04. The molecule has 16 heavy (non-hydrogen) atoms. The van der Waals surface area contributed by atoms with Crippen LogP contribution in [0.4, 0.5) is 5.69 Å². The number of nitrogen functional groups attached to an aromatic ring is 1. The van der Waals surface area contributed by atoms with Crippen molar-refractivity contribution in [3.05, 3.63) is 36.2 Å². The van der Waals surface area contributed by atoms with E-state index in [1.165, 1.54) is 11.3 Å². The molecule has 0 saturated heterocycles. The van der Waals surface area contributed by atoms with E-state index in [0.717, 1.165) is 24.2 Å². The van der Waals surface area contributed by atoms with E-state index in [-0.39, 0.29) is 0 Å². The van der Waals surface area contributed by atoms with Crippen LogP contribution in [0.25, 0.3) is 11.1 Å². The van der Waals surface area contributed by atoms with E-state index in [1.54, 1.807) is 0 Å². The van der Waals surface area contributed by atoms with Gasteiger partial charge in [-0.3, -0.25) is 4.68 Å². The summed E-state index contributed by atoms with van der Waals surface area (Å²) < 4.78 is 2.04. The fraction of sp³-hybridized carbons (Fsp3) is 0.308. The molecule has 0 fully saturated rings. The van der Waals surface area contributed by atoms with Crippen molar-refractivity contribution in [2.45, 2.75) is 26.8 Å². The number of aromatic nitrogens is 2. The van der Waals surface area contributed by atoms with Crippen molar-refractivity contribution in [1.82, 2.24) is 9.78 Å². The van der Waals surface area contributed by atoms with Gasteiger partial charge in [-0.2, -0.15) is 5.10 Å². The second kappa shape index (κ2) is 4.39. The zero-order chi connectivity index (χ0) is 11.5. The smallest absolute Gasteiger partial charge is 0.0571 e. The molecule has 1 aromatic heterocycles. The molecule has 0 spiro atoms. The molecule has 3 heteroatoms. The van der Waals surface area contributed by atoms with Crippen LogP contribution in [0.2, 0.25) is 0 Å². The average Bonchev–Trinajstić information content (AvgIpc) is 2.61. The first-order chi connectivity index (χ1) is 7.72. The van der Waals surface area contributed by atoms with Crippen LogP contribution in [-0.2, 0) is 6.54 Å². The summed E-state index contributed by atoms with van der Waals surface area (Å²) in [6.07, 6.45) is 3.01. The summed E-state index contributed by atoms with van der Waals surface area (Å²) in [5.41, 5.74) is 10.1. The first-order valence-corrected chi connectivity index (χ1v) is 5.60. The quantitative estimate of drug-likeness (QED) is 0.800. The molecule has 0 aliphatic carbocycles. The van der Waals surface area contributed by atoms with Crippen LogP contribution in [0.15, 0.2) is 30.5 Å². The standard InChI is InChI=1S/C13H17N3/c1-3-7-16-10(2)13(9-15-16)11-5-4-6-12(14)8-11/h4-6,8-9H,3,7,14H2,1-2H3. The molecule has 1 aromatic carbocycles. The Balaban J connectivity index is 2.41. The summed E-state index contributed by atoms with van der Waals surface area (Å²) in [7, 11) is 0. The van der Waals surface area contributed by atoms with Gasteiger partial charge in [0.1, 0.15) is 0 Å². The van der Waals surface area contributed by atoms with Crippen molar-refractivity contribution in [2.24, 2.45) is 0 Å². The van der Waals surface area contributed by atoms with Gasteiger partial charge in [-0.15, -0.1) is 0 Å². The Kier molecular flexibility index (Phi) is 2.95. The molecule has 0 saturated carbocycles. The molecule has 0 amide bonds. The van der Waals surface area contributed by atoms with Crippen molar-refractivity contribution in [3.63, 3.8) is 0 Å². The van der Waals surface area contributed by atoms with E-state index in [1.807, 2.05) is 29.1 Å². The Bertz CT molecular complexity index is 486. The second-order valence-electron chi connectivity index (χ2n) is 3.99. The molecule has 2 N–H and O–H groups in total. The van der Waals surface area contributed by atoms with Crippen LogP contribution < -0.4 is 5.73 Å². The van der Waals surface area contributed by atoms with Gasteiger partial charge in [0.2, 0.25) is 0 Å². The van der Waals surface area contributed by atoms with E-state index >= 15 is 0 Å². The molecule has 0 bridgehead atoms. The van der Waals surface area contributed by atoms with Gasteiger partial charge in [-0.25, -0.2) is 0 Å². The highest BCUT2D eigenvalue weighted by atomic mass is 15.3. The number of anilines is 1. The third-order valence-electron chi connectivity index (χ3n) is 2.74. The topological polar surface area (TPSA) is 43.8 Å². The summed E-state index contributed by atoms with van der Waals surface area (Å²) in [6, 6.07) is 7.92. The van der Waals surface area contributed by atoms with Crippen molar-refractivity contribution in [2.75, 3.05) is 5.73 Å². The first kappa shape index (κ1) is 10.7. The molecule has 2 rings (SSSR count). The highest BCUT2D eigenvalue weighted by Gasteiger charge is 2.07. The maximum absolute atomic E-state index is 5.78. The summed E-state index contributed by atoms with van der Waals surface area (Å²) in [4.78, 5) is 0. The molecule has 2 aromatic rings. The number of rotatable bonds is 3. The number of aryl methyl sites for hydroxylation is 1. The first-order valence-electron chi connectivity index (χ1n) is 5.60. The largest absolute Gasteiger partial charge is 0.399 e. The van der Waals surface area contributed by atoms with Gasteiger partial charge in [-0.05, 0) is 31.0 Å². The fourth-order valence-electron chi connectivity index (χ4n) is 1.87. The minimum absolute atomic E-state index is 0.792. The Morgan fingerprint density at radius 2 is 2.19 bits per heavy atom. The number of hydrogen-bond donors (Lipinski definition) is 1. The zero-order valence-electron chi connectivity index (χ0n) is 9.77. The fourth-order valence-corrected chi connectivity index (χ4v) is 1.87. The van der Waals surface area contributed by atoms with Crippen LogP contribution in [0.3, 0.4) is 0 Å². The summed E-state index contributed by atoms with van der Waals surface area (Å²) in [6.45, 7) is 5.22. The van der Waals surface area contributed by atoms with Gasteiger partial charge in [0, 0.05) is 23.5 Å². The van der Waals surface area contributed by atoms with Crippen molar-refractivity contribution in [1.29, 1.82) is 0 Å². The van der Waals surface area contributed by atoms with Crippen molar-refractivity contribution < 1.29 is 0 Å². The van der Waals surface area contributed by atoms with Gasteiger partial charge in [0.25, 0.3) is 0 Å². The molecule has 1 heterocycles. The van der Waals surface area contributed by atoms with Crippen LogP contribution in [-0.4, -0.2) is 9.78 Å². The Morgan fingerprint density at radius 1 is 1.38 bits per heavy atom. The Hall–Kier alpha value is -1.77. The Labute approximate surface area is 95.9 Å². The second-order valence-corrected chi connectivity index (χ2v) is 3.99. The SMILES string of the molecule is CCCn1ncc(-c2cccc(N)c2)c1C. The van der Waals surface area contributed by atoms with Crippen LogP contribution in [0.5, 0.6) is 0 Å². The van der Waals surface area contributed by atoms with E-state index in [9.17, 15) is 0 Å². The highest BCUT2D eigenvalue weighted by molar-refractivity contribution is 5.68. The van der Waals surface area contributed by atoms with Gasteiger partial charge < -0.3 is 5.73 Å². The molecule has 0 radical (unpaired) electrons. The average molecular weight is 215 g/mol. The summed E-state index contributed by atoms with van der Waals surface area (Å²) in [5.74, 6) is 0. The minimum atomic E-state index is 0.792. The molecule has 3 nitrogen and oxygen atoms in total. The van der Waals surface area contributed by atoms with Gasteiger partial charge in [-0.1, -0.05) is 19.1 Å². The maximum atomic E-state index is 5.78. The number of benzene rings is 1. The predicted molar refractivity (Wildman–Crippen MR) is 67.1 cm³/mol. The minimum Gasteiger partial charge on any atom is -0.399 e. The lowest BCUT2D eigenvalue weighted by Crippen LogP contribution is -2.00. The van der Waals surface area contributed by atoms with E-state index in [4.69, 9.17) is 5.73 Å². The highest BCUT2D eigenvalue weighted by Crippen LogP contribution is 2.24. The maximum Gasteiger partial charge on any atom is 0.0571 e.